The molecule has 108 valence electrons. The lowest BCUT2D eigenvalue weighted by atomic mass is 10.2. The van der Waals surface area contributed by atoms with Gasteiger partial charge in [-0.3, -0.25) is 0 Å². The zero-order valence-corrected chi connectivity index (χ0v) is 12.0. The number of aromatic nitrogens is 1. The Hall–Kier alpha value is -1.73. The van der Waals surface area contributed by atoms with Crippen molar-refractivity contribution in [2.75, 3.05) is 6.54 Å². The van der Waals surface area contributed by atoms with E-state index in [0.717, 1.165) is 6.07 Å². The summed E-state index contributed by atoms with van der Waals surface area (Å²) in [4.78, 5) is 0.0488. The van der Waals surface area contributed by atoms with Crippen LogP contribution in [0.4, 0.5) is 4.39 Å². The van der Waals surface area contributed by atoms with Crippen LogP contribution in [0.5, 0.6) is 0 Å². The number of rotatable bonds is 5. The molecule has 1 N–H and O–H groups in total. The SMILES string of the molecule is Cc1cc(CCNS(=O)(=O)c2ccc(F)c(C)c2)no1. The Balaban J connectivity index is 2.02. The number of nitrogens with zero attached hydrogens (tertiary/aromatic N) is 1. The molecule has 0 amide bonds. The smallest absolute Gasteiger partial charge is 0.240 e. The molecule has 5 nitrogen and oxygen atoms in total. The Kier molecular flexibility index (Phi) is 4.20. The summed E-state index contributed by atoms with van der Waals surface area (Å²) in [6.07, 6.45) is 0.427. The monoisotopic (exact) mass is 298 g/mol. The molecule has 0 spiro atoms. The van der Waals surface area contributed by atoms with Crippen LogP contribution >= 0.6 is 0 Å². The average Bonchev–Trinajstić information content (AvgIpc) is 2.78. The second kappa shape index (κ2) is 5.72. The van der Waals surface area contributed by atoms with Crippen molar-refractivity contribution in [1.82, 2.24) is 9.88 Å². The Morgan fingerprint density at radius 3 is 2.65 bits per heavy atom. The molecule has 2 rings (SSSR count). The minimum absolute atomic E-state index is 0.0488. The van der Waals surface area contributed by atoms with Gasteiger partial charge in [0.05, 0.1) is 10.6 Å². The third-order valence-corrected chi connectivity index (χ3v) is 4.25. The molecule has 0 bridgehead atoms. The summed E-state index contributed by atoms with van der Waals surface area (Å²) >= 11 is 0. The van der Waals surface area contributed by atoms with E-state index in [1.807, 2.05) is 0 Å². The summed E-state index contributed by atoms with van der Waals surface area (Å²) in [6.45, 7) is 3.49. The lowest BCUT2D eigenvalue weighted by Crippen LogP contribution is -2.26. The Morgan fingerprint density at radius 1 is 1.30 bits per heavy atom. The molecule has 1 aromatic carbocycles. The van der Waals surface area contributed by atoms with Gasteiger partial charge in [-0.2, -0.15) is 0 Å². The molecule has 0 saturated carbocycles. The predicted octanol–water partition coefficient (Wildman–Crippen LogP) is 1.95. The first-order valence-electron chi connectivity index (χ1n) is 6.06. The summed E-state index contributed by atoms with van der Waals surface area (Å²) in [6, 6.07) is 5.43. The number of nitrogens with one attached hydrogen (secondary N) is 1. The van der Waals surface area contributed by atoms with Crippen molar-refractivity contribution >= 4 is 10.0 Å². The van der Waals surface area contributed by atoms with Crippen molar-refractivity contribution < 1.29 is 17.3 Å². The lowest BCUT2D eigenvalue weighted by Gasteiger charge is -2.07. The largest absolute Gasteiger partial charge is 0.361 e. The minimum atomic E-state index is -3.64. The molecule has 0 radical (unpaired) electrons. The summed E-state index contributed by atoms with van der Waals surface area (Å²) in [5.41, 5.74) is 0.973. The summed E-state index contributed by atoms with van der Waals surface area (Å²) in [5, 5.41) is 3.77. The van der Waals surface area contributed by atoms with E-state index in [2.05, 4.69) is 9.88 Å². The molecule has 0 saturated heterocycles. The first-order valence-corrected chi connectivity index (χ1v) is 7.55. The van der Waals surface area contributed by atoms with Gasteiger partial charge in [-0.1, -0.05) is 5.16 Å². The van der Waals surface area contributed by atoms with E-state index in [1.165, 1.54) is 19.1 Å². The molecule has 0 unspecified atom stereocenters. The molecule has 1 aromatic heterocycles. The van der Waals surface area contributed by atoms with Gasteiger partial charge in [0, 0.05) is 19.0 Å². The number of aryl methyl sites for hydroxylation is 2. The number of hydrogen-bond donors (Lipinski definition) is 1. The third kappa shape index (κ3) is 3.43. The maximum Gasteiger partial charge on any atom is 0.240 e. The van der Waals surface area contributed by atoms with Gasteiger partial charge in [-0.15, -0.1) is 0 Å². The van der Waals surface area contributed by atoms with Crippen LogP contribution < -0.4 is 4.72 Å². The first kappa shape index (κ1) is 14.7. The Labute approximate surface area is 116 Å². The molecule has 0 aliphatic heterocycles. The van der Waals surface area contributed by atoms with Gasteiger partial charge in [0.25, 0.3) is 0 Å². The highest BCUT2D eigenvalue weighted by atomic mass is 32.2. The van der Waals surface area contributed by atoms with E-state index in [9.17, 15) is 12.8 Å². The van der Waals surface area contributed by atoms with Gasteiger partial charge in [-0.25, -0.2) is 17.5 Å². The summed E-state index contributed by atoms with van der Waals surface area (Å²) in [5.74, 6) is 0.249. The Bertz CT molecular complexity index is 710. The van der Waals surface area contributed by atoms with E-state index >= 15 is 0 Å². The Morgan fingerprint density at radius 2 is 2.05 bits per heavy atom. The zero-order chi connectivity index (χ0) is 14.8. The zero-order valence-electron chi connectivity index (χ0n) is 11.2. The van der Waals surface area contributed by atoms with E-state index in [-0.39, 0.29) is 11.4 Å². The van der Waals surface area contributed by atoms with Crippen molar-refractivity contribution in [1.29, 1.82) is 0 Å². The average molecular weight is 298 g/mol. The predicted molar refractivity (Wildman–Crippen MR) is 71.3 cm³/mol. The molecule has 20 heavy (non-hydrogen) atoms. The van der Waals surface area contributed by atoms with Crippen LogP contribution in [-0.4, -0.2) is 20.1 Å². The first-order chi connectivity index (χ1) is 9.38. The molecular weight excluding hydrogens is 283 g/mol. The summed E-state index contributed by atoms with van der Waals surface area (Å²) in [7, 11) is -3.64. The van der Waals surface area contributed by atoms with E-state index in [1.54, 1.807) is 13.0 Å². The van der Waals surface area contributed by atoms with Crippen LogP contribution in [0.1, 0.15) is 17.0 Å². The standard InChI is InChI=1S/C13H15FN2O3S/c1-9-7-12(3-4-13(9)14)20(17,18)15-6-5-11-8-10(2)19-16-11/h3-4,7-8,15H,5-6H2,1-2H3. The van der Waals surface area contributed by atoms with Crippen molar-refractivity contribution in [3.8, 4) is 0 Å². The number of halogens is 1. The fourth-order valence-electron chi connectivity index (χ4n) is 1.72. The quantitative estimate of drug-likeness (QED) is 0.915. The van der Waals surface area contributed by atoms with Gasteiger partial charge >= 0.3 is 0 Å². The molecule has 0 atom stereocenters. The van der Waals surface area contributed by atoms with Crippen LogP contribution in [0, 0.1) is 19.7 Å². The van der Waals surface area contributed by atoms with Gasteiger partial charge < -0.3 is 4.52 Å². The summed E-state index contributed by atoms with van der Waals surface area (Å²) < 4.78 is 44.5. The highest BCUT2D eigenvalue weighted by Crippen LogP contribution is 2.14. The highest BCUT2D eigenvalue weighted by Gasteiger charge is 2.15. The number of benzene rings is 1. The van der Waals surface area contributed by atoms with Crippen molar-refractivity contribution in [3.05, 3.63) is 47.1 Å². The van der Waals surface area contributed by atoms with Gasteiger partial charge in [0.1, 0.15) is 11.6 Å². The maximum absolute atomic E-state index is 13.1. The second-order valence-electron chi connectivity index (χ2n) is 4.49. The van der Waals surface area contributed by atoms with E-state index in [4.69, 9.17) is 4.52 Å². The van der Waals surface area contributed by atoms with E-state index in [0.29, 0.717) is 23.4 Å². The van der Waals surface area contributed by atoms with Crippen LogP contribution in [0.15, 0.2) is 33.7 Å². The van der Waals surface area contributed by atoms with Crippen LogP contribution in [0.3, 0.4) is 0 Å². The molecule has 0 aliphatic rings. The van der Waals surface area contributed by atoms with Gasteiger partial charge in [0.2, 0.25) is 10.0 Å². The lowest BCUT2D eigenvalue weighted by molar-refractivity contribution is 0.390. The molecule has 1 heterocycles. The molecular formula is C13H15FN2O3S. The molecule has 7 heteroatoms. The van der Waals surface area contributed by atoms with Gasteiger partial charge in [-0.05, 0) is 37.6 Å². The fraction of sp³-hybridized carbons (Fsp3) is 0.308. The van der Waals surface area contributed by atoms with Crippen molar-refractivity contribution in [2.45, 2.75) is 25.2 Å². The fourth-order valence-corrected chi connectivity index (χ4v) is 2.83. The normalized spacial score (nSPS) is 11.8. The molecule has 2 aromatic rings. The molecule has 0 aliphatic carbocycles. The van der Waals surface area contributed by atoms with Crippen LogP contribution in [-0.2, 0) is 16.4 Å². The van der Waals surface area contributed by atoms with Gasteiger partial charge in [0.15, 0.2) is 0 Å². The number of hydrogen-bond acceptors (Lipinski definition) is 4. The second-order valence-corrected chi connectivity index (χ2v) is 6.25. The molecule has 0 fully saturated rings. The topological polar surface area (TPSA) is 72.2 Å². The maximum atomic E-state index is 13.1. The third-order valence-electron chi connectivity index (χ3n) is 2.79. The van der Waals surface area contributed by atoms with Crippen molar-refractivity contribution in [2.24, 2.45) is 0 Å². The number of sulfonamides is 1. The highest BCUT2D eigenvalue weighted by molar-refractivity contribution is 7.89. The minimum Gasteiger partial charge on any atom is -0.361 e. The van der Waals surface area contributed by atoms with E-state index < -0.39 is 15.8 Å². The van der Waals surface area contributed by atoms with Crippen molar-refractivity contribution in [3.63, 3.8) is 0 Å². The van der Waals surface area contributed by atoms with Crippen LogP contribution in [0.25, 0.3) is 0 Å². The van der Waals surface area contributed by atoms with Crippen LogP contribution in [0.2, 0.25) is 0 Å².